The van der Waals surface area contributed by atoms with E-state index in [9.17, 15) is 4.79 Å². The van der Waals surface area contributed by atoms with Crippen molar-refractivity contribution in [3.63, 3.8) is 0 Å². The number of benzene rings is 1. The second-order valence-corrected chi connectivity index (χ2v) is 5.50. The summed E-state index contributed by atoms with van der Waals surface area (Å²) in [6.07, 6.45) is 3.57. The largest absolute Gasteiger partial charge is 0.481 e. The number of nitrogens with zero attached hydrogens (tertiary/aromatic N) is 1. The maximum absolute atomic E-state index is 10.9. The van der Waals surface area contributed by atoms with Gasteiger partial charge in [0.1, 0.15) is 0 Å². The third-order valence-electron chi connectivity index (χ3n) is 4.01. The number of carbonyl (C=O) groups is 1. The van der Waals surface area contributed by atoms with Crippen LogP contribution in [0.25, 0.3) is 0 Å². The van der Waals surface area contributed by atoms with E-state index in [0.29, 0.717) is 11.5 Å². The molecule has 0 bridgehead atoms. The highest BCUT2D eigenvalue weighted by molar-refractivity contribution is 5.69. The number of nitrogens with one attached hydrogen (secondary N) is 1. The minimum atomic E-state index is -0.648. The van der Waals surface area contributed by atoms with Crippen LogP contribution in [0.4, 0.5) is 0 Å². The molecular formula is C16H20N2O2. The first kappa shape index (κ1) is 14.5. The molecule has 4 heteroatoms. The normalized spacial score (nSPS) is 22.1. The van der Waals surface area contributed by atoms with Gasteiger partial charge < -0.3 is 10.4 Å². The molecule has 0 radical (unpaired) electrons. The Kier molecular flexibility index (Phi) is 5.14. The average Bonchev–Trinajstić information content (AvgIpc) is 2.48. The molecule has 0 spiro atoms. The first-order chi connectivity index (χ1) is 9.69. The fourth-order valence-corrected chi connectivity index (χ4v) is 2.78. The lowest BCUT2D eigenvalue weighted by Gasteiger charge is -2.26. The summed E-state index contributed by atoms with van der Waals surface area (Å²) in [4.78, 5) is 10.9. The van der Waals surface area contributed by atoms with Crippen molar-refractivity contribution < 1.29 is 9.90 Å². The van der Waals surface area contributed by atoms with Gasteiger partial charge in [-0.2, -0.15) is 5.26 Å². The number of aliphatic carboxylic acids is 1. The van der Waals surface area contributed by atoms with Crippen molar-refractivity contribution in [2.45, 2.75) is 32.2 Å². The van der Waals surface area contributed by atoms with E-state index < -0.39 is 5.97 Å². The lowest BCUT2D eigenvalue weighted by atomic mass is 9.82. The molecule has 20 heavy (non-hydrogen) atoms. The number of rotatable bonds is 5. The van der Waals surface area contributed by atoms with Crippen LogP contribution < -0.4 is 5.32 Å². The van der Waals surface area contributed by atoms with E-state index in [1.165, 1.54) is 0 Å². The quantitative estimate of drug-likeness (QED) is 0.864. The predicted molar refractivity (Wildman–Crippen MR) is 75.9 cm³/mol. The molecule has 0 heterocycles. The number of carboxylic acid groups (broad SMARTS) is 1. The van der Waals surface area contributed by atoms with E-state index in [0.717, 1.165) is 44.3 Å². The Balaban J connectivity index is 1.71. The predicted octanol–water partition coefficient (Wildman–Crippen LogP) is 2.54. The van der Waals surface area contributed by atoms with Gasteiger partial charge in [-0.15, -0.1) is 0 Å². The molecule has 2 N–H and O–H groups in total. The van der Waals surface area contributed by atoms with Crippen LogP contribution in [0.1, 0.15) is 36.8 Å². The summed E-state index contributed by atoms with van der Waals surface area (Å²) in [5, 5.41) is 21.2. The molecule has 0 atom stereocenters. The molecule has 1 aromatic carbocycles. The van der Waals surface area contributed by atoms with Crippen molar-refractivity contribution in [1.82, 2.24) is 5.32 Å². The van der Waals surface area contributed by atoms with Gasteiger partial charge in [0.15, 0.2) is 0 Å². The summed E-state index contributed by atoms with van der Waals surface area (Å²) in [5.74, 6) is -0.215. The summed E-state index contributed by atoms with van der Waals surface area (Å²) in [7, 11) is 0. The van der Waals surface area contributed by atoms with Gasteiger partial charge in [-0.1, -0.05) is 12.1 Å². The van der Waals surface area contributed by atoms with Gasteiger partial charge in [-0.3, -0.25) is 4.79 Å². The molecule has 4 nitrogen and oxygen atoms in total. The highest BCUT2D eigenvalue weighted by Gasteiger charge is 2.25. The van der Waals surface area contributed by atoms with Crippen molar-refractivity contribution in [2.75, 3.05) is 6.54 Å². The number of nitriles is 1. The molecule has 0 unspecified atom stereocenters. The summed E-state index contributed by atoms with van der Waals surface area (Å²) in [5.41, 5.74) is 1.80. The Bertz CT molecular complexity index is 499. The summed E-state index contributed by atoms with van der Waals surface area (Å²) >= 11 is 0. The number of hydrogen-bond acceptors (Lipinski definition) is 3. The van der Waals surface area contributed by atoms with Crippen LogP contribution in [0.5, 0.6) is 0 Å². The van der Waals surface area contributed by atoms with Crippen LogP contribution in [-0.4, -0.2) is 17.6 Å². The summed E-state index contributed by atoms with van der Waals surface area (Å²) in [6, 6.07) is 9.74. The molecule has 2 rings (SSSR count). The number of carboxylic acids is 1. The second kappa shape index (κ2) is 7.06. The van der Waals surface area contributed by atoms with Crippen LogP contribution in [0.3, 0.4) is 0 Å². The Labute approximate surface area is 119 Å². The average molecular weight is 272 g/mol. The van der Waals surface area contributed by atoms with Crippen molar-refractivity contribution in [3.05, 3.63) is 35.4 Å². The Hall–Kier alpha value is -1.86. The maximum atomic E-state index is 10.9. The van der Waals surface area contributed by atoms with Crippen molar-refractivity contribution in [2.24, 2.45) is 11.8 Å². The van der Waals surface area contributed by atoms with E-state index in [2.05, 4.69) is 11.4 Å². The third-order valence-corrected chi connectivity index (χ3v) is 4.01. The van der Waals surface area contributed by atoms with Crippen LogP contribution in [0.2, 0.25) is 0 Å². The van der Waals surface area contributed by atoms with Gasteiger partial charge in [-0.05, 0) is 55.8 Å². The SMILES string of the molecule is N#Cc1cccc(CNCC2CCC(C(=O)O)CC2)c1. The molecule has 106 valence electrons. The maximum Gasteiger partial charge on any atom is 0.306 e. The van der Waals surface area contributed by atoms with E-state index in [1.807, 2.05) is 18.2 Å². The fraction of sp³-hybridized carbons (Fsp3) is 0.500. The van der Waals surface area contributed by atoms with E-state index in [-0.39, 0.29) is 5.92 Å². The molecule has 1 fully saturated rings. The van der Waals surface area contributed by atoms with Crippen LogP contribution in [0, 0.1) is 23.2 Å². The van der Waals surface area contributed by atoms with Gasteiger partial charge in [-0.25, -0.2) is 0 Å². The number of hydrogen-bond donors (Lipinski definition) is 2. The monoisotopic (exact) mass is 272 g/mol. The van der Waals surface area contributed by atoms with Crippen LogP contribution in [0.15, 0.2) is 24.3 Å². The molecule has 1 aliphatic carbocycles. The van der Waals surface area contributed by atoms with Crippen LogP contribution >= 0.6 is 0 Å². The standard InChI is InChI=1S/C16H20N2O2/c17-9-13-2-1-3-14(8-13)11-18-10-12-4-6-15(7-5-12)16(19)20/h1-3,8,12,15,18H,4-7,10-11H2,(H,19,20). The molecular weight excluding hydrogens is 252 g/mol. The van der Waals surface area contributed by atoms with Crippen molar-refractivity contribution in [3.8, 4) is 6.07 Å². The first-order valence-electron chi connectivity index (χ1n) is 7.11. The second-order valence-electron chi connectivity index (χ2n) is 5.50. The van der Waals surface area contributed by atoms with Crippen molar-refractivity contribution in [1.29, 1.82) is 5.26 Å². The highest BCUT2D eigenvalue weighted by atomic mass is 16.4. The third kappa shape index (κ3) is 4.07. The Morgan fingerprint density at radius 2 is 2.10 bits per heavy atom. The molecule has 1 saturated carbocycles. The van der Waals surface area contributed by atoms with Gasteiger partial charge in [0, 0.05) is 6.54 Å². The first-order valence-corrected chi connectivity index (χ1v) is 7.11. The van der Waals surface area contributed by atoms with E-state index >= 15 is 0 Å². The molecule has 1 aromatic rings. The molecule has 0 aromatic heterocycles. The Morgan fingerprint density at radius 3 is 2.75 bits per heavy atom. The zero-order chi connectivity index (χ0) is 14.4. The zero-order valence-electron chi connectivity index (χ0n) is 11.5. The van der Waals surface area contributed by atoms with Crippen molar-refractivity contribution >= 4 is 5.97 Å². The van der Waals surface area contributed by atoms with Crippen LogP contribution in [-0.2, 0) is 11.3 Å². The highest BCUT2D eigenvalue weighted by Crippen LogP contribution is 2.28. The minimum absolute atomic E-state index is 0.140. The fourth-order valence-electron chi connectivity index (χ4n) is 2.78. The van der Waals surface area contributed by atoms with Gasteiger partial charge in [0.2, 0.25) is 0 Å². The minimum Gasteiger partial charge on any atom is -0.481 e. The smallest absolute Gasteiger partial charge is 0.306 e. The molecule has 0 saturated heterocycles. The molecule has 0 aliphatic heterocycles. The molecule has 1 aliphatic rings. The lowest BCUT2D eigenvalue weighted by molar-refractivity contribution is -0.143. The van der Waals surface area contributed by atoms with E-state index in [4.69, 9.17) is 10.4 Å². The summed E-state index contributed by atoms with van der Waals surface area (Å²) in [6.45, 7) is 1.68. The van der Waals surface area contributed by atoms with Gasteiger partial charge >= 0.3 is 5.97 Å². The zero-order valence-corrected chi connectivity index (χ0v) is 11.5. The Morgan fingerprint density at radius 1 is 1.35 bits per heavy atom. The van der Waals surface area contributed by atoms with Gasteiger partial charge in [0.25, 0.3) is 0 Å². The summed E-state index contributed by atoms with van der Waals surface area (Å²) < 4.78 is 0. The topological polar surface area (TPSA) is 73.1 Å². The molecule has 0 amide bonds. The van der Waals surface area contributed by atoms with E-state index in [1.54, 1.807) is 6.07 Å². The van der Waals surface area contributed by atoms with Gasteiger partial charge in [0.05, 0.1) is 17.6 Å². The lowest BCUT2D eigenvalue weighted by Crippen LogP contribution is -2.28.